The van der Waals surface area contributed by atoms with Gasteiger partial charge in [0.15, 0.2) is 0 Å². The van der Waals surface area contributed by atoms with Gasteiger partial charge in [0.05, 0.1) is 10.6 Å². The number of nitrogens with one attached hydrogen (secondary N) is 1. The van der Waals surface area contributed by atoms with Crippen molar-refractivity contribution in [3.05, 3.63) is 88.9 Å². The Morgan fingerprint density at radius 1 is 1.00 bits per heavy atom. The van der Waals surface area contributed by atoms with E-state index < -0.39 is 22.5 Å². The van der Waals surface area contributed by atoms with Crippen LogP contribution in [0, 0.1) is 13.8 Å². The van der Waals surface area contributed by atoms with Crippen LogP contribution >= 0.6 is 22.9 Å². The van der Waals surface area contributed by atoms with Crippen LogP contribution in [0.15, 0.2) is 77.7 Å². The summed E-state index contributed by atoms with van der Waals surface area (Å²) in [6, 6.07) is 20.6. The Kier molecular flexibility index (Phi) is 6.97. The highest BCUT2D eigenvalue weighted by Crippen LogP contribution is 2.29. The number of aryl methyl sites for hydroxylation is 2. The predicted molar refractivity (Wildman–Crippen MR) is 136 cm³/mol. The lowest BCUT2D eigenvalue weighted by atomic mass is 10.2. The van der Waals surface area contributed by atoms with E-state index in [1.165, 1.54) is 29.5 Å². The first kappa shape index (κ1) is 23.9. The summed E-state index contributed by atoms with van der Waals surface area (Å²) >= 11 is 7.46. The molecule has 0 bridgehead atoms. The molecule has 1 N–H and O–H groups in total. The first-order valence-electron chi connectivity index (χ1n) is 10.3. The fraction of sp³-hybridized carbons (Fsp3) is 0.125. The van der Waals surface area contributed by atoms with Crippen LogP contribution in [0.5, 0.6) is 0 Å². The molecule has 34 heavy (non-hydrogen) atoms. The van der Waals surface area contributed by atoms with Crippen LogP contribution in [-0.2, 0) is 14.8 Å². The smallest absolute Gasteiger partial charge is 0.264 e. The molecule has 0 saturated carbocycles. The normalized spacial score (nSPS) is 11.3. The number of amides is 1. The number of nitrogens with zero attached hydrogens (tertiary/aromatic N) is 3. The summed E-state index contributed by atoms with van der Waals surface area (Å²) in [7, 11) is -4.03. The molecular weight excluding hydrogens is 492 g/mol. The van der Waals surface area contributed by atoms with E-state index in [1.54, 1.807) is 30.3 Å². The fourth-order valence-corrected chi connectivity index (χ4v) is 5.52. The molecule has 4 aromatic rings. The van der Waals surface area contributed by atoms with Gasteiger partial charge in [0.2, 0.25) is 11.0 Å². The van der Waals surface area contributed by atoms with E-state index in [4.69, 9.17) is 11.6 Å². The van der Waals surface area contributed by atoms with Crippen molar-refractivity contribution >= 4 is 49.7 Å². The van der Waals surface area contributed by atoms with Crippen molar-refractivity contribution in [1.82, 2.24) is 10.2 Å². The third kappa shape index (κ3) is 5.27. The summed E-state index contributed by atoms with van der Waals surface area (Å²) in [4.78, 5) is 13.0. The molecule has 0 spiro atoms. The number of rotatable bonds is 7. The van der Waals surface area contributed by atoms with Gasteiger partial charge < -0.3 is 0 Å². The van der Waals surface area contributed by atoms with E-state index in [-0.39, 0.29) is 15.7 Å². The number of benzene rings is 3. The number of carbonyl (C=O) groups is 1. The summed E-state index contributed by atoms with van der Waals surface area (Å²) in [6.07, 6.45) is 0. The summed E-state index contributed by atoms with van der Waals surface area (Å²) in [5.41, 5.74) is 3.08. The summed E-state index contributed by atoms with van der Waals surface area (Å²) in [6.45, 7) is 3.35. The molecule has 0 radical (unpaired) electrons. The largest absolute Gasteiger partial charge is 0.299 e. The Bertz CT molecular complexity index is 1420. The molecule has 1 heterocycles. The quantitative estimate of drug-likeness (QED) is 0.362. The highest BCUT2D eigenvalue weighted by atomic mass is 35.5. The molecule has 0 fully saturated rings. The van der Waals surface area contributed by atoms with Crippen molar-refractivity contribution in [2.24, 2.45) is 0 Å². The monoisotopic (exact) mass is 512 g/mol. The van der Waals surface area contributed by atoms with E-state index in [2.05, 4.69) is 15.5 Å². The Labute approximate surface area is 207 Å². The topological polar surface area (TPSA) is 92.3 Å². The maximum Gasteiger partial charge on any atom is 0.264 e. The summed E-state index contributed by atoms with van der Waals surface area (Å²) in [5, 5.41) is 12.1. The molecule has 174 valence electrons. The van der Waals surface area contributed by atoms with E-state index >= 15 is 0 Å². The van der Waals surface area contributed by atoms with E-state index in [9.17, 15) is 13.2 Å². The van der Waals surface area contributed by atoms with Crippen molar-refractivity contribution in [3.63, 3.8) is 0 Å². The maximum atomic E-state index is 13.4. The van der Waals surface area contributed by atoms with Crippen LogP contribution in [0.1, 0.15) is 11.1 Å². The number of aromatic nitrogens is 2. The van der Waals surface area contributed by atoms with Crippen molar-refractivity contribution in [2.45, 2.75) is 18.7 Å². The van der Waals surface area contributed by atoms with Gasteiger partial charge in [-0.15, -0.1) is 10.2 Å². The van der Waals surface area contributed by atoms with Crippen LogP contribution in [0.25, 0.3) is 10.6 Å². The molecule has 0 atom stereocenters. The highest BCUT2D eigenvalue weighted by Gasteiger charge is 2.28. The molecule has 1 aromatic heterocycles. The van der Waals surface area contributed by atoms with Gasteiger partial charge in [-0.2, -0.15) is 0 Å². The molecular formula is C24H21ClN4O3S2. The van der Waals surface area contributed by atoms with Crippen LogP contribution < -0.4 is 9.62 Å². The van der Waals surface area contributed by atoms with Crippen LogP contribution in [0.3, 0.4) is 0 Å². The second-order valence-electron chi connectivity index (χ2n) is 7.58. The second kappa shape index (κ2) is 9.92. The lowest BCUT2D eigenvalue weighted by molar-refractivity contribution is -0.114. The van der Waals surface area contributed by atoms with Gasteiger partial charge in [-0.25, -0.2) is 8.42 Å². The first-order valence-corrected chi connectivity index (χ1v) is 12.9. The molecule has 3 aromatic carbocycles. The number of hydrogen-bond donors (Lipinski definition) is 1. The average Bonchev–Trinajstić information content (AvgIpc) is 3.28. The number of hydrogen-bond acceptors (Lipinski definition) is 6. The minimum absolute atomic E-state index is 0.0667. The molecule has 1 amide bonds. The Morgan fingerprint density at radius 2 is 1.71 bits per heavy atom. The molecule has 10 heteroatoms. The lowest BCUT2D eigenvalue weighted by Gasteiger charge is -2.24. The zero-order valence-electron chi connectivity index (χ0n) is 18.4. The van der Waals surface area contributed by atoms with E-state index in [1.807, 2.05) is 38.1 Å². The third-order valence-electron chi connectivity index (χ3n) is 5.03. The Hall–Kier alpha value is -3.27. The summed E-state index contributed by atoms with van der Waals surface area (Å²) in [5.74, 6) is -0.553. The highest BCUT2D eigenvalue weighted by molar-refractivity contribution is 7.92. The van der Waals surface area contributed by atoms with Crippen molar-refractivity contribution in [2.75, 3.05) is 16.2 Å². The molecule has 0 aliphatic rings. The van der Waals surface area contributed by atoms with Gasteiger partial charge in [-0.1, -0.05) is 77.0 Å². The zero-order valence-corrected chi connectivity index (χ0v) is 20.8. The molecule has 0 saturated heterocycles. The molecule has 0 aliphatic carbocycles. The van der Waals surface area contributed by atoms with Crippen molar-refractivity contribution in [3.8, 4) is 10.6 Å². The minimum Gasteiger partial charge on any atom is -0.299 e. The number of carbonyl (C=O) groups excluding carboxylic acids is 1. The molecule has 0 unspecified atom stereocenters. The number of halogens is 1. The van der Waals surface area contributed by atoms with Crippen molar-refractivity contribution < 1.29 is 13.2 Å². The van der Waals surface area contributed by atoms with Crippen LogP contribution in [-0.4, -0.2) is 31.1 Å². The zero-order chi connectivity index (χ0) is 24.3. The van der Waals surface area contributed by atoms with Crippen LogP contribution in [0.4, 0.5) is 10.8 Å². The Morgan fingerprint density at radius 3 is 2.38 bits per heavy atom. The minimum atomic E-state index is -4.03. The van der Waals surface area contributed by atoms with Gasteiger partial charge in [-0.05, 0) is 43.7 Å². The summed E-state index contributed by atoms with van der Waals surface area (Å²) < 4.78 is 27.9. The first-order chi connectivity index (χ1) is 16.2. The molecule has 7 nitrogen and oxygen atoms in total. The second-order valence-corrected chi connectivity index (χ2v) is 10.8. The number of sulfonamides is 1. The number of anilines is 2. The lowest BCUT2D eigenvalue weighted by Crippen LogP contribution is -2.38. The molecule has 0 aliphatic heterocycles. The maximum absolute atomic E-state index is 13.4. The third-order valence-corrected chi connectivity index (χ3v) is 8.11. The predicted octanol–water partition coefficient (Wildman–Crippen LogP) is 5.31. The SMILES string of the molecule is Cc1ccc(-c2nnc(NC(=O)CN(c3ccc(C)c(Cl)c3)S(=O)(=O)c3ccccc3)s2)cc1. The van der Waals surface area contributed by atoms with Gasteiger partial charge in [0.1, 0.15) is 11.6 Å². The van der Waals surface area contributed by atoms with Crippen LogP contribution in [0.2, 0.25) is 5.02 Å². The Balaban J connectivity index is 1.60. The van der Waals surface area contributed by atoms with Gasteiger partial charge in [0.25, 0.3) is 10.0 Å². The van der Waals surface area contributed by atoms with Gasteiger partial charge in [-0.3, -0.25) is 14.4 Å². The average molecular weight is 513 g/mol. The van der Waals surface area contributed by atoms with E-state index in [0.717, 1.165) is 21.0 Å². The van der Waals surface area contributed by atoms with E-state index in [0.29, 0.717) is 10.0 Å². The fourth-order valence-electron chi connectivity index (χ4n) is 3.15. The van der Waals surface area contributed by atoms with Gasteiger partial charge in [0, 0.05) is 10.6 Å². The van der Waals surface area contributed by atoms with Gasteiger partial charge >= 0.3 is 0 Å². The molecule has 4 rings (SSSR count). The standard InChI is InChI=1S/C24H21ClN4O3S2/c1-16-8-11-18(12-9-16)23-27-28-24(33-23)26-22(30)15-29(19-13-10-17(2)21(25)14-19)34(31,32)20-6-4-3-5-7-20/h3-14H,15H2,1-2H3,(H,26,28,30). The van der Waals surface area contributed by atoms with Crippen molar-refractivity contribution in [1.29, 1.82) is 0 Å².